The molecule has 0 bridgehead atoms. The quantitative estimate of drug-likeness (QED) is 0.713. The van der Waals surface area contributed by atoms with Crippen LogP contribution in [0.3, 0.4) is 0 Å². The Labute approximate surface area is 133 Å². The smallest absolute Gasteiger partial charge is 0.387 e. The first-order valence-corrected chi connectivity index (χ1v) is 6.65. The highest BCUT2D eigenvalue weighted by atomic mass is 35.5. The highest BCUT2D eigenvalue weighted by Gasteiger charge is 2.16. The minimum atomic E-state index is -2.99. The van der Waals surface area contributed by atoms with Gasteiger partial charge in [-0.3, -0.25) is 4.79 Å². The number of amides is 1. The van der Waals surface area contributed by atoms with Crippen LogP contribution < -0.4 is 15.4 Å². The molecule has 1 amide bonds. The molecule has 0 spiro atoms. The van der Waals surface area contributed by atoms with Crippen molar-refractivity contribution in [2.24, 2.45) is 0 Å². The predicted molar refractivity (Wildman–Crippen MR) is 80.8 cm³/mol. The Morgan fingerprint density at radius 1 is 1.33 bits per heavy atom. The van der Waals surface area contributed by atoms with Crippen LogP contribution in [0, 0.1) is 0 Å². The summed E-state index contributed by atoms with van der Waals surface area (Å²) in [6, 6.07) is 3.94. The van der Waals surface area contributed by atoms with Crippen molar-refractivity contribution in [1.29, 1.82) is 0 Å². The molecule has 0 aromatic heterocycles. The third-order valence-electron chi connectivity index (χ3n) is 2.42. The fourth-order valence-electron chi connectivity index (χ4n) is 1.54. The van der Waals surface area contributed by atoms with Crippen LogP contribution in [0.25, 0.3) is 0 Å². The summed E-state index contributed by atoms with van der Waals surface area (Å²) in [4.78, 5) is 11.9. The largest absolute Gasteiger partial charge is 0.434 e. The van der Waals surface area contributed by atoms with Crippen molar-refractivity contribution < 1.29 is 18.3 Å². The second-order valence-electron chi connectivity index (χ2n) is 4.02. The van der Waals surface area contributed by atoms with Gasteiger partial charge in [0.05, 0.1) is 5.56 Å². The van der Waals surface area contributed by atoms with Gasteiger partial charge in [-0.05, 0) is 31.2 Å². The molecule has 0 unspecified atom stereocenters. The Morgan fingerprint density at radius 3 is 2.67 bits per heavy atom. The molecule has 0 aliphatic carbocycles. The number of alkyl halides is 2. The van der Waals surface area contributed by atoms with Gasteiger partial charge in [0, 0.05) is 18.1 Å². The Balaban J connectivity index is 0.00000400. The van der Waals surface area contributed by atoms with Crippen LogP contribution in [0.15, 0.2) is 18.2 Å². The fraction of sp³-hybridized carbons (Fsp3) is 0.462. The lowest BCUT2D eigenvalue weighted by Crippen LogP contribution is -2.32. The van der Waals surface area contributed by atoms with Crippen molar-refractivity contribution in [3.63, 3.8) is 0 Å². The number of carbonyl (C=O) groups is 1. The summed E-state index contributed by atoms with van der Waals surface area (Å²) in [5.41, 5.74) is -0.00621. The minimum absolute atomic E-state index is 0. The van der Waals surface area contributed by atoms with Crippen LogP contribution in [-0.2, 0) is 0 Å². The van der Waals surface area contributed by atoms with Crippen LogP contribution in [0.5, 0.6) is 5.75 Å². The molecular weight excluding hydrogens is 325 g/mol. The van der Waals surface area contributed by atoms with E-state index >= 15 is 0 Å². The number of hydrogen-bond donors (Lipinski definition) is 2. The molecule has 120 valence electrons. The van der Waals surface area contributed by atoms with Crippen LogP contribution in [0.1, 0.15) is 23.7 Å². The summed E-state index contributed by atoms with van der Waals surface area (Å²) < 4.78 is 28.8. The van der Waals surface area contributed by atoms with E-state index in [1.54, 1.807) is 0 Å². The summed E-state index contributed by atoms with van der Waals surface area (Å²) in [5, 5.41) is 6.00. The average Bonchev–Trinajstić information content (AvgIpc) is 2.40. The Bertz CT molecular complexity index is 448. The minimum Gasteiger partial charge on any atom is -0.434 e. The first-order chi connectivity index (χ1) is 9.54. The molecule has 0 heterocycles. The Kier molecular flexibility index (Phi) is 10.0. The van der Waals surface area contributed by atoms with Gasteiger partial charge in [0.25, 0.3) is 5.91 Å². The number of nitrogens with one attached hydrogen (secondary N) is 2. The molecule has 1 rings (SSSR count). The molecule has 0 radical (unpaired) electrons. The topological polar surface area (TPSA) is 50.4 Å². The number of ether oxygens (including phenoxy) is 1. The predicted octanol–water partition coefficient (Wildman–Crippen LogP) is 3.09. The molecule has 21 heavy (non-hydrogen) atoms. The van der Waals surface area contributed by atoms with E-state index < -0.39 is 12.5 Å². The maximum absolute atomic E-state index is 12.3. The molecule has 8 heteroatoms. The first-order valence-electron chi connectivity index (χ1n) is 6.28. The summed E-state index contributed by atoms with van der Waals surface area (Å²) in [5.74, 6) is -0.690. The lowest BCUT2D eigenvalue weighted by atomic mass is 10.2. The lowest BCUT2D eigenvalue weighted by molar-refractivity contribution is -0.0501. The summed E-state index contributed by atoms with van der Waals surface area (Å²) in [6.45, 7) is 0.886. The third kappa shape index (κ3) is 7.45. The van der Waals surface area contributed by atoms with Gasteiger partial charge in [0.15, 0.2) is 0 Å². The Morgan fingerprint density at radius 2 is 2.05 bits per heavy atom. The van der Waals surface area contributed by atoms with Crippen molar-refractivity contribution >= 4 is 29.9 Å². The van der Waals surface area contributed by atoms with Gasteiger partial charge >= 0.3 is 6.61 Å². The molecule has 0 aliphatic heterocycles. The molecule has 1 aromatic carbocycles. The number of rotatable bonds is 8. The number of benzene rings is 1. The van der Waals surface area contributed by atoms with E-state index in [1.807, 2.05) is 6.92 Å². The van der Waals surface area contributed by atoms with Crippen molar-refractivity contribution in [2.75, 3.05) is 19.6 Å². The lowest BCUT2D eigenvalue weighted by Gasteiger charge is -2.11. The highest BCUT2D eigenvalue weighted by Crippen LogP contribution is 2.24. The number of halogens is 4. The molecule has 0 saturated heterocycles. The SMILES string of the molecule is CCCNCCNC(=O)c1cc(Cl)ccc1OC(F)F.Cl. The zero-order chi connectivity index (χ0) is 15.0. The second kappa shape index (κ2) is 10.6. The van der Waals surface area contributed by atoms with E-state index in [0.29, 0.717) is 13.1 Å². The number of carbonyl (C=O) groups excluding carboxylic acids is 1. The van der Waals surface area contributed by atoms with Crippen molar-refractivity contribution in [3.8, 4) is 5.75 Å². The normalized spacial score (nSPS) is 10.1. The molecule has 0 saturated carbocycles. The average molecular weight is 343 g/mol. The van der Waals surface area contributed by atoms with Gasteiger partial charge in [0.1, 0.15) is 5.75 Å². The molecule has 0 fully saturated rings. The third-order valence-corrected chi connectivity index (χ3v) is 2.65. The Hall–Kier alpha value is -1.11. The van der Waals surface area contributed by atoms with E-state index in [0.717, 1.165) is 13.0 Å². The van der Waals surface area contributed by atoms with E-state index in [1.165, 1.54) is 18.2 Å². The van der Waals surface area contributed by atoms with Crippen LogP contribution in [-0.4, -0.2) is 32.2 Å². The molecule has 4 nitrogen and oxygen atoms in total. The molecular formula is C13H18Cl2F2N2O2. The molecule has 2 N–H and O–H groups in total. The molecule has 0 aliphatic rings. The fourth-order valence-corrected chi connectivity index (χ4v) is 1.71. The van der Waals surface area contributed by atoms with E-state index in [9.17, 15) is 13.6 Å². The van der Waals surface area contributed by atoms with E-state index in [2.05, 4.69) is 15.4 Å². The monoisotopic (exact) mass is 342 g/mol. The van der Waals surface area contributed by atoms with Crippen molar-refractivity contribution in [1.82, 2.24) is 10.6 Å². The first kappa shape index (κ1) is 19.9. The molecule has 1 aromatic rings. The summed E-state index contributed by atoms with van der Waals surface area (Å²) in [6.07, 6.45) is 0.995. The number of hydrogen-bond acceptors (Lipinski definition) is 3. The standard InChI is InChI=1S/C13H17ClF2N2O2.ClH/c1-2-5-17-6-7-18-12(19)10-8-9(14)3-4-11(10)20-13(15)16;/h3-4,8,13,17H,2,5-7H2,1H3,(H,18,19);1H. The second-order valence-corrected chi connectivity index (χ2v) is 4.46. The van der Waals surface area contributed by atoms with Crippen molar-refractivity contribution in [2.45, 2.75) is 20.0 Å². The zero-order valence-corrected chi connectivity index (χ0v) is 13.1. The van der Waals surface area contributed by atoms with Gasteiger partial charge in [-0.1, -0.05) is 18.5 Å². The van der Waals surface area contributed by atoms with Crippen molar-refractivity contribution in [3.05, 3.63) is 28.8 Å². The van der Waals surface area contributed by atoms with Crippen LogP contribution in [0.2, 0.25) is 5.02 Å². The van der Waals surface area contributed by atoms with Gasteiger partial charge in [-0.2, -0.15) is 8.78 Å². The van der Waals surface area contributed by atoms with Gasteiger partial charge < -0.3 is 15.4 Å². The summed E-state index contributed by atoms with van der Waals surface area (Å²) in [7, 11) is 0. The van der Waals surface area contributed by atoms with Gasteiger partial charge in [0.2, 0.25) is 0 Å². The van der Waals surface area contributed by atoms with E-state index in [-0.39, 0.29) is 28.7 Å². The van der Waals surface area contributed by atoms with Crippen LogP contribution in [0.4, 0.5) is 8.78 Å². The van der Waals surface area contributed by atoms with Crippen LogP contribution >= 0.6 is 24.0 Å². The summed E-state index contributed by atoms with van der Waals surface area (Å²) >= 11 is 5.76. The van der Waals surface area contributed by atoms with Gasteiger partial charge in [-0.15, -0.1) is 12.4 Å². The maximum atomic E-state index is 12.3. The zero-order valence-electron chi connectivity index (χ0n) is 11.5. The maximum Gasteiger partial charge on any atom is 0.387 e. The van der Waals surface area contributed by atoms with Gasteiger partial charge in [-0.25, -0.2) is 0 Å². The highest BCUT2D eigenvalue weighted by molar-refractivity contribution is 6.31. The van der Waals surface area contributed by atoms with E-state index in [4.69, 9.17) is 11.6 Å². The molecule has 0 atom stereocenters.